The first-order valence-electron chi connectivity index (χ1n) is 22.1. The van der Waals surface area contributed by atoms with Crippen LogP contribution in [-0.2, 0) is 0 Å². The van der Waals surface area contributed by atoms with Crippen molar-refractivity contribution < 1.29 is 8.83 Å². The summed E-state index contributed by atoms with van der Waals surface area (Å²) in [6.07, 6.45) is 0. The van der Waals surface area contributed by atoms with Crippen LogP contribution in [0.5, 0.6) is 0 Å². The van der Waals surface area contributed by atoms with Gasteiger partial charge in [-0.25, -0.2) is 0 Å². The van der Waals surface area contributed by atoms with E-state index in [0.717, 1.165) is 83.2 Å². The maximum absolute atomic E-state index is 6.34. The van der Waals surface area contributed by atoms with E-state index < -0.39 is 0 Å². The van der Waals surface area contributed by atoms with Crippen LogP contribution in [0.3, 0.4) is 0 Å². The molecule has 304 valence electrons. The molecule has 0 unspecified atom stereocenters. The Morgan fingerprint density at radius 1 is 0.231 bits per heavy atom. The third-order valence-corrected chi connectivity index (χ3v) is 13.1. The van der Waals surface area contributed by atoms with E-state index in [2.05, 4.69) is 241 Å². The lowest BCUT2D eigenvalue weighted by Crippen LogP contribution is -2.09. The van der Waals surface area contributed by atoms with Crippen LogP contribution < -0.4 is 4.90 Å². The van der Waals surface area contributed by atoms with E-state index in [4.69, 9.17) is 8.83 Å². The molecule has 0 aliphatic carbocycles. The summed E-state index contributed by atoms with van der Waals surface area (Å²) in [6.45, 7) is 0. The molecule has 0 aliphatic rings. The monoisotopic (exact) mass is 829 g/mol. The number of benzene rings is 11. The number of hydrogen-bond acceptors (Lipinski definition) is 3. The maximum atomic E-state index is 6.34. The van der Waals surface area contributed by atoms with Gasteiger partial charge < -0.3 is 13.7 Å². The molecule has 13 rings (SSSR count). The van der Waals surface area contributed by atoms with E-state index in [1.54, 1.807) is 0 Å². The first kappa shape index (κ1) is 36.9. The Hall–Kier alpha value is -8.66. The minimum atomic E-state index is 0.896. The highest BCUT2D eigenvalue weighted by Gasteiger charge is 2.17. The fraction of sp³-hybridized carbons (Fsp3) is 0. The third-order valence-electron chi connectivity index (χ3n) is 13.1. The van der Waals surface area contributed by atoms with E-state index in [-0.39, 0.29) is 0 Å². The molecule has 0 amide bonds. The Morgan fingerprint density at radius 3 is 1.05 bits per heavy atom. The molecule has 0 spiro atoms. The van der Waals surface area contributed by atoms with E-state index in [9.17, 15) is 0 Å². The highest BCUT2D eigenvalue weighted by molar-refractivity contribution is 6.20. The summed E-state index contributed by atoms with van der Waals surface area (Å²) in [7, 11) is 0. The summed E-state index contributed by atoms with van der Waals surface area (Å²) < 4.78 is 12.7. The number of hydrogen-bond donors (Lipinski definition) is 0. The quantitative estimate of drug-likeness (QED) is 0.160. The van der Waals surface area contributed by atoms with E-state index >= 15 is 0 Å². The molecule has 0 saturated carbocycles. The molecule has 0 fully saturated rings. The molecular weight excluding hydrogens is 791 g/mol. The maximum Gasteiger partial charge on any atom is 0.136 e. The first-order valence-corrected chi connectivity index (χ1v) is 22.1. The summed E-state index contributed by atoms with van der Waals surface area (Å²) in [6, 6.07) is 84.7. The molecule has 2 heterocycles. The highest BCUT2D eigenvalue weighted by Crippen LogP contribution is 2.42. The van der Waals surface area contributed by atoms with Crippen molar-refractivity contribution in [2.45, 2.75) is 0 Å². The Balaban J connectivity index is 0.882. The lowest BCUT2D eigenvalue weighted by atomic mass is 9.98. The lowest BCUT2D eigenvalue weighted by Gasteiger charge is -2.26. The zero-order valence-electron chi connectivity index (χ0n) is 35.3. The van der Waals surface area contributed by atoms with E-state index in [1.807, 2.05) is 0 Å². The van der Waals surface area contributed by atoms with Crippen molar-refractivity contribution in [1.82, 2.24) is 0 Å². The van der Waals surface area contributed by atoms with E-state index in [1.165, 1.54) is 43.8 Å². The van der Waals surface area contributed by atoms with Crippen LogP contribution in [0, 0.1) is 0 Å². The summed E-state index contributed by atoms with van der Waals surface area (Å²) in [5, 5.41) is 9.40. The van der Waals surface area contributed by atoms with Gasteiger partial charge in [0.1, 0.15) is 22.3 Å². The topological polar surface area (TPSA) is 29.5 Å². The van der Waals surface area contributed by atoms with Gasteiger partial charge in [0, 0.05) is 38.6 Å². The van der Waals surface area contributed by atoms with Crippen molar-refractivity contribution in [3.8, 4) is 44.5 Å². The SMILES string of the molecule is c1ccc(-c2cccc(-c3ccc(N(c4ccc(-c5ccc6oc7ccc8ccccc8c7c6c5)cc4)c4ccc(-c5ccc6oc7ccc8ccccc8c7c6c5)cc4)cc3)c2)cc1. The zero-order valence-corrected chi connectivity index (χ0v) is 35.3. The molecule has 2 aromatic heterocycles. The van der Waals surface area contributed by atoms with Crippen molar-refractivity contribution >= 4 is 82.5 Å². The molecule has 0 aliphatic heterocycles. The van der Waals surface area contributed by atoms with Gasteiger partial charge in [0.2, 0.25) is 0 Å². The molecule has 0 bridgehead atoms. The van der Waals surface area contributed by atoms with Gasteiger partial charge in [-0.1, -0.05) is 158 Å². The fourth-order valence-corrected chi connectivity index (χ4v) is 9.82. The minimum Gasteiger partial charge on any atom is -0.456 e. The number of furan rings is 2. The second-order valence-corrected chi connectivity index (χ2v) is 16.9. The molecule has 0 atom stereocenters. The molecule has 3 heteroatoms. The largest absolute Gasteiger partial charge is 0.456 e. The zero-order chi connectivity index (χ0) is 42.8. The molecular formula is C62H39NO2. The smallest absolute Gasteiger partial charge is 0.136 e. The number of rotatable bonds is 7. The van der Waals surface area contributed by atoms with Gasteiger partial charge in [-0.15, -0.1) is 0 Å². The lowest BCUT2D eigenvalue weighted by molar-refractivity contribution is 0.669. The summed E-state index contributed by atoms with van der Waals surface area (Å²) in [4.78, 5) is 2.34. The number of fused-ring (bicyclic) bond motifs is 10. The Morgan fingerprint density at radius 2 is 0.585 bits per heavy atom. The standard InChI is InChI=1S/C62H39NO2/c1-2-9-40(10-3-1)46-13-8-14-47(37-46)41-17-27-50(28-18-41)63(51-29-19-42(20-30-51)48-25-33-57-55(38-48)61-53-15-6-4-11-44(53)23-35-59(61)64-57)52-31-21-43(22-32-52)49-26-34-58-56(39-49)62-54-16-7-5-12-45(54)24-36-60(62)65-58/h1-39H. The summed E-state index contributed by atoms with van der Waals surface area (Å²) in [5.74, 6) is 0. The predicted octanol–water partition coefficient (Wildman–Crippen LogP) is 17.9. The van der Waals surface area contributed by atoms with Crippen molar-refractivity contribution in [2.75, 3.05) is 4.90 Å². The van der Waals surface area contributed by atoms with Gasteiger partial charge in [-0.2, -0.15) is 0 Å². The van der Waals surface area contributed by atoms with E-state index in [0.29, 0.717) is 0 Å². The number of anilines is 3. The molecule has 13 aromatic rings. The minimum absolute atomic E-state index is 0.896. The van der Waals surface area contributed by atoms with Gasteiger partial charge >= 0.3 is 0 Å². The average Bonchev–Trinajstić information content (AvgIpc) is 3.96. The normalized spacial score (nSPS) is 11.7. The summed E-state index contributed by atoms with van der Waals surface area (Å²) >= 11 is 0. The summed E-state index contributed by atoms with van der Waals surface area (Å²) in [5.41, 5.74) is 16.2. The van der Waals surface area contributed by atoms with Crippen LogP contribution in [0.15, 0.2) is 245 Å². The van der Waals surface area contributed by atoms with Crippen LogP contribution in [0.2, 0.25) is 0 Å². The van der Waals surface area contributed by atoms with Crippen LogP contribution in [-0.4, -0.2) is 0 Å². The van der Waals surface area contributed by atoms with Crippen molar-refractivity contribution in [3.63, 3.8) is 0 Å². The van der Waals surface area contributed by atoms with Crippen LogP contribution >= 0.6 is 0 Å². The van der Waals surface area contributed by atoms with Gasteiger partial charge in [0.25, 0.3) is 0 Å². The van der Waals surface area contributed by atoms with Gasteiger partial charge in [0.05, 0.1) is 0 Å². The third kappa shape index (κ3) is 6.36. The van der Waals surface area contributed by atoms with Crippen molar-refractivity contribution in [1.29, 1.82) is 0 Å². The predicted molar refractivity (Wildman–Crippen MR) is 272 cm³/mol. The molecule has 0 radical (unpaired) electrons. The van der Waals surface area contributed by atoms with Crippen molar-refractivity contribution in [3.05, 3.63) is 237 Å². The van der Waals surface area contributed by atoms with Crippen LogP contribution in [0.4, 0.5) is 17.1 Å². The average molecular weight is 830 g/mol. The second kappa shape index (κ2) is 15.0. The molecule has 65 heavy (non-hydrogen) atoms. The molecule has 3 nitrogen and oxygen atoms in total. The van der Waals surface area contributed by atoms with Crippen molar-refractivity contribution in [2.24, 2.45) is 0 Å². The Bertz CT molecular complexity index is 3720. The van der Waals surface area contributed by atoms with Crippen LogP contribution in [0.25, 0.3) is 110 Å². The Labute approximate surface area is 375 Å². The highest BCUT2D eigenvalue weighted by atomic mass is 16.3. The number of nitrogens with zero attached hydrogens (tertiary/aromatic N) is 1. The fourth-order valence-electron chi connectivity index (χ4n) is 9.82. The molecule has 0 saturated heterocycles. The first-order chi connectivity index (χ1) is 32.2. The second-order valence-electron chi connectivity index (χ2n) is 16.9. The molecule has 11 aromatic carbocycles. The van der Waals surface area contributed by atoms with Gasteiger partial charge in [-0.3, -0.25) is 0 Å². The van der Waals surface area contributed by atoms with Gasteiger partial charge in [-0.05, 0) is 145 Å². The Kier molecular flexibility index (Phi) is 8.53. The van der Waals surface area contributed by atoms with Gasteiger partial charge in [0.15, 0.2) is 0 Å². The van der Waals surface area contributed by atoms with Crippen LogP contribution in [0.1, 0.15) is 0 Å². The molecule has 0 N–H and O–H groups in total.